The molecule has 2 rings (SSSR count). The van der Waals surface area contributed by atoms with Crippen LogP contribution in [0.2, 0.25) is 0 Å². The smallest absolute Gasteiger partial charge is 0.329 e. The zero-order valence-electron chi connectivity index (χ0n) is 12.0. The number of alkyl halides is 6. The van der Waals surface area contributed by atoms with Crippen molar-refractivity contribution < 1.29 is 26.3 Å². The van der Waals surface area contributed by atoms with E-state index in [1.54, 1.807) is 0 Å². The largest absolute Gasteiger partial charge is 0.416 e. The third-order valence-electron chi connectivity index (χ3n) is 3.80. The van der Waals surface area contributed by atoms with Crippen molar-refractivity contribution in [3.05, 3.63) is 34.9 Å². The highest BCUT2D eigenvalue weighted by atomic mass is 35.5. The van der Waals surface area contributed by atoms with Gasteiger partial charge in [0.1, 0.15) is 0 Å². The molecule has 1 aromatic carbocycles. The summed E-state index contributed by atoms with van der Waals surface area (Å²) in [6.07, 6.45) is -7.98. The summed E-state index contributed by atoms with van der Waals surface area (Å²) in [6, 6.07) is 1.71. The summed E-state index contributed by atoms with van der Waals surface area (Å²) >= 11 is 0. The van der Waals surface area contributed by atoms with Gasteiger partial charge < -0.3 is 5.73 Å². The first kappa shape index (κ1) is 20.1. The molecule has 1 atom stereocenters. The van der Waals surface area contributed by atoms with Crippen LogP contribution in [0, 0.1) is 0 Å². The number of hydrogen-bond donors (Lipinski definition) is 1. The molecule has 0 aromatic heterocycles. The lowest BCUT2D eigenvalue weighted by molar-refractivity contribution is -0.143. The number of halogens is 7. The summed E-state index contributed by atoms with van der Waals surface area (Å²) in [5, 5.41) is 0. The fraction of sp³-hybridized carbons (Fsp3) is 0.571. The van der Waals surface area contributed by atoms with Crippen molar-refractivity contribution in [2.24, 2.45) is 5.73 Å². The fourth-order valence-electron chi connectivity index (χ4n) is 2.72. The summed E-state index contributed by atoms with van der Waals surface area (Å²) in [6.45, 7) is 0.999. The highest BCUT2D eigenvalue weighted by Crippen LogP contribution is 2.36. The van der Waals surface area contributed by atoms with Gasteiger partial charge in [-0.15, -0.1) is 12.4 Å². The van der Waals surface area contributed by atoms with E-state index in [1.807, 2.05) is 4.90 Å². The van der Waals surface area contributed by atoms with Crippen molar-refractivity contribution in [2.75, 3.05) is 13.1 Å². The number of hydrogen-bond acceptors (Lipinski definition) is 2. The summed E-state index contributed by atoms with van der Waals surface area (Å²) < 4.78 is 76.7. The molecule has 0 bridgehead atoms. The van der Waals surface area contributed by atoms with E-state index in [9.17, 15) is 26.3 Å². The molecular formula is C14H17ClF6N2. The van der Waals surface area contributed by atoms with Gasteiger partial charge >= 0.3 is 12.4 Å². The predicted octanol–water partition coefficient (Wildman–Crippen LogP) is 4.07. The van der Waals surface area contributed by atoms with Gasteiger partial charge in [-0.2, -0.15) is 26.3 Å². The molecular weight excluding hydrogens is 346 g/mol. The van der Waals surface area contributed by atoms with Crippen LogP contribution < -0.4 is 5.73 Å². The van der Waals surface area contributed by atoms with E-state index in [4.69, 9.17) is 5.73 Å². The predicted molar refractivity (Wildman–Crippen MR) is 76.2 cm³/mol. The first-order chi connectivity index (χ1) is 10.1. The molecule has 2 N–H and O–H groups in total. The highest BCUT2D eigenvalue weighted by molar-refractivity contribution is 5.85. The minimum absolute atomic E-state index is 0. The molecule has 1 heterocycles. The second-order valence-corrected chi connectivity index (χ2v) is 5.42. The first-order valence-electron chi connectivity index (χ1n) is 6.83. The Bertz CT molecular complexity index is 497. The Kier molecular flexibility index (Phi) is 6.34. The van der Waals surface area contributed by atoms with Gasteiger partial charge in [0.2, 0.25) is 0 Å². The minimum atomic E-state index is -4.81. The molecule has 1 aliphatic rings. The molecule has 2 nitrogen and oxygen atoms in total. The molecule has 1 fully saturated rings. The number of likely N-dealkylation sites (tertiary alicyclic amines) is 1. The van der Waals surface area contributed by atoms with Crippen LogP contribution in [0.1, 0.15) is 29.5 Å². The van der Waals surface area contributed by atoms with Gasteiger partial charge in [-0.25, -0.2) is 0 Å². The van der Waals surface area contributed by atoms with Gasteiger partial charge in [0.05, 0.1) is 11.1 Å². The SMILES string of the molecule is Cl.NCC1CCCN1Cc1cc(C(F)(F)F)cc(C(F)(F)F)c1. The van der Waals surface area contributed by atoms with E-state index in [1.165, 1.54) is 0 Å². The number of nitrogens with two attached hydrogens (primary N) is 1. The van der Waals surface area contributed by atoms with Crippen LogP contribution in [0.4, 0.5) is 26.3 Å². The monoisotopic (exact) mass is 362 g/mol. The lowest BCUT2D eigenvalue weighted by atomic mass is 10.0. The lowest BCUT2D eigenvalue weighted by Gasteiger charge is -2.24. The van der Waals surface area contributed by atoms with Gasteiger partial charge in [0.25, 0.3) is 0 Å². The molecule has 9 heteroatoms. The average Bonchev–Trinajstić information content (AvgIpc) is 2.83. The number of nitrogens with zero attached hydrogens (tertiary/aromatic N) is 1. The summed E-state index contributed by atoms with van der Waals surface area (Å²) in [4.78, 5) is 1.83. The first-order valence-corrected chi connectivity index (χ1v) is 6.83. The van der Waals surface area contributed by atoms with Crippen LogP contribution in [-0.4, -0.2) is 24.0 Å². The third kappa shape index (κ3) is 4.99. The Morgan fingerprint density at radius 3 is 1.96 bits per heavy atom. The molecule has 23 heavy (non-hydrogen) atoms. The zero-order chi connectivity index (χ0) is 16.5. The van der Waals surface area contributed by atoms with E-state index in [-0.39, 0.29) is 36.6 Å². The van der Waals surface area contributed by atoms with E-state index in [0.717, 1.165) is 25.0 Å². The van der Waals surface area contributed by atoms with Crippen LogP contribution >= 0.6 is 12.4 Å². The summed E-state index contributed by atoms with van der Waals surface area (Å²) in [5.41, 5.74) is 3.02. The van der Waals surface area contributed by atoms with Crippen molar-refractivity contribution in [1.29, 1.82) is 0 Å². The van der Waals surface area contributed by atoms with E-state index in [0.29, 0.717) is 13.1 Å². The molecule has 0 aliphatic carbocycles. The van der Waals surface area contributed by atoms with Gasteiger partial charge in [-0.05, 0) is 43.1 Å². The molecule has 0 spiro atoms. The molecule has 1 saturated heterocycles. The molecule has 1 aliphatic heterocycles. The molecule has 0 amide bonds. The quantitative estimate of drug-likeness (QED) is 0.821. The summed E-state index contributed by atoms with van der Waals surface area (Å²) in [5.74, 6) is 0. The Labute approximate surface area is 136 Å². The molecule has 0 radical (unpaired) electrons. The zero-order valence-corrected chi connectivity index (χ0v) is 12.9. The Morgan fingerprint density at radius 1 is 1.00 bits per heavy atom. The van der Waals surface area contributed by atoms with Gasteiger partial charge in [-0.3, -0.25) is 4.90 Å². The van der Waals surface area contributed by atoms with Gasteiger partial charge in [-0.1, -0.05) is 0 Å². The maximum Gasteiger partial charge on any atom is 0.416 e. The Morgan fingerprint density at radius 2 is 1.52 bits per heavy atom. The van der Waals surface area contributed by atoms with Crippen molar-refractivity contribution >= 4 is 12.4 Å². The van der Waals surface area contributed by atoms with E-state index in [2.05, 4.69) is 0 Å². The molecule has 1 unspecified atom stereocenters. The molecule has 0 saturated carbocycles. The van der Waals surface area contributed by atoms with Crippen molar-refractivity contribution in [3.8, 4) is 0 Å². The van der Waals surface area contributed by atoms with Crippen LogP contribution in [0.15, 0.2) is 18.2 Å². The standard InChI is InChI=1S/C14H16F6N2.ClH/c15-13(16,17)10-4-9(5-11(6-10)14(18,19)20)8-22-3-1-2-12(22)7-21;/h4-6,12H,1-3,7-8,21H2;1H. The van der Waals surface area contributed by atoms with Crippen LogP contribution in [0.5, 0.6) is 0 Å². The number of rotatable bonds is 3. The van der Waals surface area contributed by atoms with Gasteiger partial charge in [0.15, 0.2) is 0 Å². The highest BCUT2D eigenvalue weighted by Gasteiger charge is 2.37. The normalized spacial score (nSPS) is 19.7. The van der Waals surface area contributed by atoms with E-state index >= 15 is 0 Å². The van der Waals surface area contributed by atoms with Crippen molar-refractivity contribution in [2.45, 2.75) is 37.8 Å². The van der Waals surface area contributed by atoms with Crippen LogP contribution in [0.25, 0.3) is 0 Å². The third-order valence-corrected chi connectivity index (χ3v) is 3.80. The van der Waals surface area contributed by atoms with Crippen molar-refractivity contribution in [3.63, 3.8) is 0 Å². The van der Waals surface area contributed by atoms with E-state index < -0.39 is 23.5 Å². The Hall–Kier alpha value is -0.990. The maximum absolute atomic E-state index is 12.8. The van der Waals surface area contributed by atoms with Gasteiger partial charge in [0, 0.05) is 19.1 Å². The van der Waals surface area contributed by atoms with Crippen LogP contribution in [0.3, 0.4) is 0 Å². The Balaban J connectivity index is 0.00000264. The second kappa shape index (κ2) is 7.27. The molecule has 132 valence electrons. The fourth-order valence-corrected chi connectivity index (χ4v) is 2.72. The lowest BCUT2D eigenvalue weighted by Crippen LogP contribution is -2.35. The molecule has 1 aromatic rings. The second-order valence-electron chi connectivity index (χ2n) is 5.42. The topological polar surface area (TPSA) is 29.3 Å². The minimum Gasteiger partial charge on any atom is -0.329 e. The average molecular weight is 363 g/mol. The summed E-state index contributed by atoms with van der Waals surface area (Å²) in [7, 11) is 0. The van der Waals surface area contributed by atoms with Crippen LogP contribution in [-0.2, 0) is 18.9 Å². The number of benzene rings is 1. The van der Waals surface area contributed by atoms with Crippen molar-refractivity contribution in [1.82, 2.24) is 4.90 Å². The maximum atomic E-state index is 12.8.